The molecular weight excluding hydrogens is 285 g/mol. The molecule has 1 fully saturated rings. The zero-order valence-corrected chi connectivity index (χ0v) is 12.2. The number of hydrogen-bond acceptors (Lipinski definition) is 4. The first-order chi connectivity index (χ1) is 10.7. The van der Waals surface area contributed by atoms with Crippen LogP contribution in [0.5, 0.6) is 0 Å². The highest BCUT2D eigenvalue weighted by Gasteiger charge is 2.17. The number of nitrogens with one attached hydrogen (secondary N) is 1. The summed E-state index contributed by atoms with van der Waals surface area (Å²) >= 11 is 0. The lowest BCUT2D eigenvalue weighted by molar-refractivity contribution is -0.121. The Hall–Kier alpha value is -2.24. The van der Waals surface area contributed by atoms with Crippen LogP contribution in [-0.4, -0.2) is 22.1 Å². The minimum atomic E-state index is -0.309. The molecule has 0 unspecified atom stereocenters. The van der Waals surface area contributed by atoms with Gasteiger partial charge in [0.05, 0.1) is 0 Å². The molecule has 1 aliphatic carbocycles. The molecule has 0 bridgehead atoms. The molecule has 1 aromatic heterocycles. The fourth-order valence-electron chi connectivity index (χ4n) is 2.66. The maximum atomic E-state index is 12.9. The third-order valence-electron chi connectivity index (χ3n) is 3.86. The van der Waals surface area contributed by atoms with Gasteiger partial charge in [-0.2, -0.15) is 4.98 Å². The molecule has 22 heavy (non-hydrogen) atoms. The molecule has 1 aliphatic rings. The van der Waals surface area contributed by atoms with E-state index in [4.69, 9.17) is 4.52 Å². The second kappa shape index (κ2) is 6.68. The highest BCUT2D eigenvalue weighted by Crippen LogP contribution is 2.18. The Kier molecular flexibility index (Phi) is 4.46. The number of aryl methyl sites for hydroxylation is 1. The Morgan fingerprint density at radius 3 is 2.73 bits per heavy atom. The summed E-state index contributed by atoms with van der Waals surface area (Å²) in [6.07, 6.45) is 5.27. The van der Waals surface area contributed by atoms with Gasteiger partial charge in [-0.3, -0.25) is 4.79 Å². The maximum absolute atomic E-state index is 12.9. The van der Waals surface area contributed by atoms with Crippen molar-refractivity contribution in [1.29, 1.82) is 0 Å². The molecule has 1 aromatic carbocycles. The molecule has 5 nitrogen and oxygen atoms in total. The lowest BCUT2D eigenvalue weighted by Gasteiger charge is -2.10. The van der Waals surface area contributed by atoms with Gasteiger partial charge in [-0.15, -0.1) is 0 Å². The molecule has 1 heterocycles. The van der Waals surface area contributed by atoms with Crippen molar-refractivity contribution in [2.24, 2.45) is 0 Å². The first-order valence-electron chi connectivity index (χ1n) is 7.58. The first-order valence-corrected chi connectivity index (χ1v) is 7.58. The fourth-order valence-corrected chi connectivity index (χ4v) is 2.66. The van der Waals surface area contributed by atoms with Gasteiger partial charge in [0.2, 0.25) is 17.6 Å². The fraction of sp³-hybridized carbons (Fsp3) is 0.438. The zero-order chi connectivity index (χ0) is 15.4. The lowest BCUT2D eigenvalue weighted by Crippen LogP contribution is -2.32. The van der Waals surface area contributed by atoms with Crippen molar-refractivity contribution in [2.75, 3.05) is 0 Å². The smallest absolute Gasteiger partial charge is 0.227 e. The number of rotatable bonds is 5. The average Bonchev–Trinajstić information content (AvgIpc) is 3.17. The average molecular weight is 303 g/mol. The third-order valence-corrected chi connectivity index (χ3v) is 3.86. The van der Waals surface area contributed by atoms with Crippen LogP contribution in [0.3, 0.4) is 0 Å². The number of benzene rings is 1. The van der Waals surface area contributed by atoms with Crippen molar-refractivity contribution < 1.29 is 13.7 Å². The molecule has 2 aromatic rings. The molecule has 116 valence electrons. The van der Waals surface area contributed by atoms with E-state index in [1.807, 2.05) is 0 Å². The Bertz CT molecular complexity index is 633. The molecule has 1 saturated carbocycles. The molecular formula is C16H18FN3O2. The summed E-state index contributed by atoms with van der Waals surface area (Å²) in [4.78, 5) is 16.1. The van der Waals surface area contributed by atoms with E-state index in [1.165, 1.54) is 25.0 Å². The second-order valence-corrected chi connectivity index (χ2v) is 5.57. The van der Waals surface area contributed by atoms with Crippen LogP contribution in [0.1, 0.15) is 38.0 Å². The predicted molar refractivity (Wildman–Crippen MR) is 78.4 cm³/mol. The van der Waals surface area contributed by atoms with Gasteiger partial charge in [0.1, 0.15) is 5.82 Å². The number of carbonyl (C=O) groups is 1. The van der Waals surface area contributed by atoms with Gasteiger partial charge in [-0.25, -0.2) is 4.39 Å². The van der Waals surface area contributed by atoms with E-state index in [0.29, 0.717) is 36.2 Å². The van der Waals surface area contributed by atoms with Crippen molar-refractivity contribution in [3.63, 3.8) is 0 Å². The van der Waals surface area contributed by atoms with Crippen molar-refractivity contribution in [2.45, 2.75) is 44.6 Å². The highest BCUT2D eigenvalue weighted by molar-refractivity contribution is 5.76. The number of nitrogens with zero attached hydrogens (tertiary/aromatic N) is 2. The predicted octanol–water partition coefficient (Wildman–Crippen LogP) is 2.87. The van der Waals surface area contributed by atoms with Crippen LogP contribution in [-0.2, 0) is 11.2 Å². The van der Waals surface area contributed by atoms with E-state index < -0.39 is 0 Å². The van der Waals surface area contributed by atoms with Gasteiger partial charge in [0, 0.05) is 24.4 Å². The van der Waals surface area contributed by atoms with Gasteiger partial charge < -0.3 is 9.84 Å². The third kappa shape index (κ3) is 3.69. The van der Waals surface area contributed by atoms with Crippen LogP contribution >= 0.6 is 0 Å². The van der Waals surface area contributed by atoms with Crippen LogP contribution in [0.2, 0.25) is 0 Å². The van der Waals surface area contributed by atoms with E-state index in [2.05, 4.69) is 15.5 Å². The standard InChI is InChI=1S/C16H18FN3O2/c17-12-7-5-11(6-8-12)16-19-15(22-20-16)10-9-14(21)18-13-3-1-2-4-13/h5-8,13H,1-4,9-10H2,(H,18,21). The molecule has 1 amide bonds. The van der Waals surface area contributed by atoms with Crippen molar-refractivity contribution in [3.05, 3.63) is 36.0 Å². The molecule has 3 rings (SSSR count). The lowest BCUT2D eigenvalue weighted by atomic mass is 10.2. The van der Waals surface area contributed by atoms with Gasteiger partial charge in [-0.1, -0.05) is 18.0 Å². The molecule has 0 saturated heterocycles. The quantitative estimate of drug-likeness (QED) is 0.922. The van der Waals surface area contributed by atoms with Gasteiger partial charge >= 0.3 is 0 Å². The number of carbonyl (C=O) groups excluding carboxylic acids is 1. The van der Waals surface area contributed by atoms with E-state index >= 15 is 0 Å². The minimum absolute atomic E-state index is 0.0217. The van der Waals surface area contributed by atoms with Crippen molar-refractivity contribution >= 4 is 5.91 Å². The molecule has 0 radical (unpaired) electrons. The van der Waals surface area contributed by atoms with Crippen LogP contribution in [0.25, 0.3) is 11.4 Å². The topological polar surface area (TPSA) is 68.0 Å². The summed E-state index contributed by atoms with van der Waals surface area (Å²) in [6.45, 7) is 0. The van der Waals surface area contributed by atoms with E-state index in [-0.39, 0.29) is 11.7 Å². The number of halogens is 1. The monoisotopic (exact) mass is 303 g/mol. The number of hydrogen-bond donors (Lipinski definition) is 1. The summed E-state index contributed by atoms with van der Waals surface area (Å²) < 4.78 is 18.0. The largest absolute Gasteiger partial charge is 0.353 e. The Morgan fingerprint density at radius 2 is 2.00 bits per heavy atom. The van der Waals surface area contributed by atoms with Crippen LogP contribution < -0.4 is 5.32 Å². The van der Waals surface area contributed by atoms with Crippen LogP contribution in [0, 0.1) is 5.82 Å². The van der Waals surface area contributed by atoms with Gasteiger partial charge in [0.15, 0.2) is 0 Å². The van der Waals surface area contributed by atoms with Crippen molar-refractivity contribution in [3.8, 4) is 11.4 Å². The SMILES string of the molecule is O=C(CCc1nc(-c2ccc(F)cc2)no1)NC1CCCC1. The zero-order valence-electron chi connectivity index (χ0n) is 12.2. The second-order valence-electron chi connectivity index (χ2n) is 5.57. The molecule has 0 aliphatic heterocycles. The van der Waals surface area contributed by atoms with Crippen molar-refractivity contribution in [1.82, 2.24) is 15.5 Å². The minimum Gasteiger partial charge on any atom is -0.353 e. The Balaban J connectivity index is 1.53. The molecule has 0 atom stereocenters. The Labute approximate surface area is 127 Å². The summed E-state index contributed by atoms with van der Waals surface area (Å²) in [7, 11) is 0. The van der Waals surface area contributed by atoms with E-state index in [0.717, 1.165) is 12.8 Å². The van der Waals surface area contributed by atoms with Gasteiger partial charge in [0.25, 0.3) is 0 Å². The molecule has 6 heteroatoms. The number of amides is 1. The highest BCUT2D eigenvalue weighted by atomic mass is 19.1. The van der Waals surface area contributed by atoms with Gasteiger partial charge in [-0.05, 0) is 37.1 Å². The summed E-state index contributed by atoms with van der Waals surface area (Å²) in [5.74, 6) is 0.539. The van der Waals surface area contributed by atoms with E-state index in [9.17, 15) is 9.18 Å². The first kappa shape index (κ1) is 14.7. The number of aromatic nitrogens is 2. The molecule has 0 spiro atoms. The normalized spacial score (nSPS) is 15.1. The summed E-state index contributed by atoms with van der Waals surface area (Å²) in [5, 5.41) is 6.88. The summed E-state index contributed by atoms with van der Waals surface area (Å²) in [6, 6.07) is 6.21. The van der Waals surface area contributed by atoms with E-state index in [1.54, 1.807) is 12.1 Å². The molecule has 1 N–H and O–H groups in total. The maximum Gasteiger partial charge on any atom is 0.227 e. The Morgan fingerprint density at radius 1 is 1.27 bits per heavy atom. The summed E-state index contributed by atoms with van der Waals surface area (Å²) in [5.41, 5.74) is 0.687. The van der Waals surface area contributed by atoms with Crippen LogP contribution in [0.4, 0.5) is 4.39 Å². The van der Waals surface area contributed by atoms with Crippen LogP contribution in [0.15, 0.2) is 28.8 Å².